The number of carbonyl (C=O) groups excluding carboxylic acids is 1. The number of rotatable bonds is 2. The maximum absolute atomic E-state index is 12.4. The van der Waals surface area contributed by atoms with E-state index < -0.39 is 11.1 Å². The molecule has 1 aliphatic rings. The number of piperidine rings is 1. The monoisotopic (exact) mass is 273 g/mol. The lowest BCUT2D eigenvalue weighted by molar-refractivity contribution is 0.0927. The Hall–Kier alpha value is -2.21. The van der Waals surface area contributed by atoms with Crippen molar-refractivity contribution < 1.29 is 4.79 Å². The van der Waals surface area contributed by atoms with Gasteiger partial charge in [0, 0.05) is 5.56 Å². The summed E-state index contributed by atoms with van der Waals surface area (Å²) < 4.78 is 0. The number of benzene rings is 1. The van der Waals surface area contributed by atoms with Crippen molar-refractivity contribution in [3.8, 4) is 0 Å². The van der Waals surface area contributed by atoms with Crippen molar-refractivity contribution in [2.24, 2.45) is 0 Å². The Morgan fingerprint density at radius 1 is 1.05 bits per heavy atom. The maximum Gasteiger partial charge on any atom is 0.314 e. The topological polar surface area (TPSA) is 94.8 Å². The first-order valence-corrected chi connectivity index (χ1v) is 6.69. The van der Waals surface area contributed by atoms with Crippen LogP contribution in [-0.4, -0.2) is 28.3 Å². The molecule has 3 rings (SSSR count). The van der Waals surface area contributed by atoms with E-state index in [0.717, 1.165) is 25.8 Å². The number of carbonyl (C=O) groups is 1. The lowest BCUT2D eigenvalue weighted by atomic mass is 9.96. The number of H-pyrrole nitrogens is 2. The summed E-state index contributed by atoms with van der Waals surface area (Å²) in [7, 11) is 0. The smallest absolute Gasteiger partial charge is 0.314 e. The second-order valence-corrected chi connectivity index (χ2v) is 5.04. The standard InChI is InChI=1S/C14H15N3O3/c18-12(10-3-1-2-6-15-10)8-4-5-9-11(7-8)17-14(20)13(19)16-9/h4-5,7,10,15H,1-3,6H2,(H,16,19)(H,17,20). The molecule has 0 aliphatic carbocycles. The van der Waals surface area contributed by atoms with Gasteiger partial charge in [-0.3, -0.25) is 14.4 Å². The predicted octanol–water partition coefficient (Wildman–Crippen LogP) is 0.541. The van der Waals surface area contributed by atoms with E-state index in [1.165, 1.54) is 0 Å². The Morgan fingerprint density at radius 3 is 2.50 bits per heavy atom. The quantitative estimate of drug-likeness (QED) is 0.550. The molecule has 1 atom stereocenters. The fraction of sp³-hybridized carbons (Fsp3) is 0.357. The Kier molecular flexibility index (Phi) is 3.23. The van der Waals surface area contributed by atoms with E-state index in [-0.39, 0.29) is 11.8 Å². The van der Waals surface area contributed by atoms with Gasteiger partial charge in [0.05, 0.1) is 17.1 Å². The highest BCUT2D eigenvalue weighted by Crippen LogP contribution is 2.15. The summed E-state index contributed by atoms with van der Waals surface area (Å²) in [4.78, 5) is 39.9. The Bertz CT molecular complexity index is 769. The average molecular weight is 273 g/mol. The average Bonchev–Trinajstić information content (AvgIpc) is 2.48. The van der Waals surface area contributed by atoms with Gasteiger partial charge in [-0.1, -0.05) is 6.42 Å². The highest BCUT2D eigenvalue weighted by Gasteiger charge is 2.22. The molecular weight excluding hydrogens is 258 g/mol. The minimum Gasteiger partial charge on any atom is -0.316 e. The highest BCUT2D eigenvalue weighted by atomic mass is 16.2. The molecule has 2 heterocycles. The SMILES string of the molecule is O=C(c1ccc2[nH]c(=O)c(=O)[nH]c2c1)C1CCCCN1. The van der Waals surface area contributed by atoms with E-state index in [0.29, 0.717) is 16.6 Å². The zero-order valence-corrected chi connectivity index (χ0v) is 10.9. The zero-order chi connectivity index (χ0) is 14.1. The van der Waals surface area contributed by atoms with Crippen molar-refractivity contribution in [1.82, 2.24) is 15.3 Å². The van der Waals surface area contributed by atoms with Gasteiger partial charge in [-0.2, -0.15) is 0 Å². The van der Waals surface area contributed by atoms with Crippen LogP contribution < -0.4 is 16.4 Å². The largest absolute Gasteiger partial charge is 0.316 e. The predicted molar refractivity (Wildman–Crippen MR) is 75.2 cm³/mol. The molecular formula is C14H15N3O3. The first-order valence-electron chi connectivity index (χ1n) is 6.69. The van der Waals surface area contributed by atoms with Crippen LogP contribution in [0.2, 0.25) is 0 Å². The van der Waals surface area contributed by atoms with E-state index in [2.05, 4.69) is 15.3 Å². The first-order chi connectivity index (χ1) is 9.65. The van der Waals surface area contributed by atoms with Gasteiger partial charge in [-0.25, -0.2) is 0 Å². The summed E-state index contributed by atoms with van der Waals surface area (Å²) in [5, 5.41) is 3.21. The van der Waals surface area contributed by atoms with E-state index in [1.807, 2.05) is 0 Å². The Labute approximate surface area is 114 Å². The third-order valence-electron chi connectivity index (χ3n) is 3.63. The lowest BCUT2D eigenvalue weighted by Crippen LogP contribution is -2.40. The van der Waals surface area contributed by atoms with Crippen LogP contribution in [0.1, 0.15) is 29.6 Å². The number of aromatic amines is 2. The molecule has 20 heavy (non-hydrogen) atoms. The molecule has 0 spiro atoms. The summed E-state index contributed by atoms with van der Waals surface area (Å²) in [6.07, 6.45) is 2.97. The summed E-state index contributed by atoms with van der Waals surface area (Å²) in [6.45, 7) is 0.855. The molecule has 104 valence electrons. The summed E-state index contributed by atoms with van der Waals surface area (Å²) in [5.74, 6) is 0.0265. The van der Waals surface area contributed by atoms with Crippen LogP contribution in [0.3, 0.4) is 0 Å². The molecule has 1 fully saturated rings. The molecule has 1 unspecified atom stereocenters. The molecule has 1 saturated heterocycles. The summed E-state index contributed by atoms with van der Waals surface area (Å²) in [6, 6.07) is 4.78. The molecule has 2 aromatic rings. The van der Waals surface area contributed by atoms with Crippen LogP contribution in [0.25, 0.3) is 11.0 Å². The van der Waals surface area contributed by atoms with Gasteiger partial charge in [0.15, 0.2) is 5.78 Å². The third kappa shape index (κ3) is 2.30. The molecule has 0 bridgehead atoms. The van der Waals surface area contributed by atoms with E-state index in [9.17, 15) is 14.4 Å². The van der Waals surface area contributed by atoms with E-state index in [4.69, 9.17) is 0 Å². The number of fused-ring (bicyclic) bond motifs is 1. The minimum absolute atomic E-state index is 0.0265. The zero-order valence-electron chi connectivity index (χ0n) is 10.9. The third-order valence-corrected chi connectivity index (χ3v) is 3.63. The van der Waals surface area contributed by atoms with Crippen LogP contribution in [0, 0.1) is 0 Å². The van der Waals surface area contributed by atoms with Gasteiger partial charge in [-0.15, -0.1) is 0 Å². The fourth-order valence-corrected chi connectivity index (χ4v) is 2.54. The van der Waals surface area contributed by atoms with Gasteiger partial charge in [-0.05, 0) is 37.6 Å². The molecule has 6 nitrogen and oxygen atoms in total. The highest BCUT2D eigenvalue weighted by molar-refractivity contribution is 6.02. The Balaban J connectivity index is 1.99. The molecule has 3 N–H and O–H groups in total. The number of nitrogens with one attached hydrogen (secondary N) is 3. The summed E-state index contributed by atoms with van der Waals surface area (Å²) in [5.41, 5.74) is 0.127. The maximum atomic E-state index is 12.4. The van der Waals surface area contributed by atoms with Gasteiger partial charge < -0.3 is 15.3 Å². The Morgan fingerprint density at radius 2 is 1.80 bits per heavy atom. The number of ketones is 1. The van der Waals surface area contributed by atoms with Crippen LogP contribution in [0.5, 0.6) is 0 Å². The first kappa shape index (κ1) is 12.8. The molecule has 6 heteroatoms. The lowest BCUT2D eigenvalue weighted by Gasteiger charge is -2.22. The molecule has 1 aliphatic heterocycles. The molecule has 0 saturated carbocycles. The second-order valence-electron chi connectivity index (χ2n) is 5.04. The van der Waals surface area contributed by atoms with Crippen molar-refractivity contribution >= 4 is 16.8 Å². The minimum atomic E-state index is -0.710. The van der Waals surface area contributed by atoms with Crippen LogP contribution >= 0.6 is 0 Å². The molecule has 0 amide bonds. The van der Waals surface area contributed by atoms with Crippen LogP contribution in [0.15, 0.2) is 27.8 Å². The van der Waals surface area contributed by atoms with Crippen LogP contribution in [-0.2, 0) is 0 Å². The second kappa shape index (κ2) is 5.05. The van der Waals surface area contributed by atoms with Crippen molar-refractivity contribution in [1.29, 1.82) is 0 Å². The number of aromatic nitrogens is 2. The van der Waals surface area contributed by atoms with E-state index >= 15 is 0 Å². The molecule has 1 aromatic carbocycles. The van der Waals surface area contributed by atoms with Gasteiger partial charge in [0.1, 0.15) is 0 Å². The van der Waals surface area contributed by atoms with E-state index in [1.54, 1.807) is 18.2 Å². The van der Waals surface area contributed by atoms with Gasteiger partial charge in [0.25, 0.3) is 0 Å². The van der Waals surface area contributed by atoms with Crippen molar-refractivity contribution in [3.05, 3.63) is 44.5 Å². The van der Waals surface area contributed by atoms with Crippen LogP contribution in [0.4, 0.5) is 0 Å². The van der Waals surface area contributed by atoms with Crippen molar-refractivity contribution in [3.63, 3.8) is 0 Å². The normalized spacial score (nSPS) is 19.1. The number of hydrogen-bond acceptors (Lipinski definition) is 4. The molecule has 0 radical (unpaired) electrons. The van der Waals surface area contributed by atoms with Gasteiger partial charge >= 0.3 is 11.1 Å². The van der Waals surface area contributed by atoms with Gasteiger partial charge in [0.2, 0.25) is 0 Å². The molecule has 1 aromatic heterocycles. The van der Waals surface area contributed by atoms with Crippen molar-refractivity contribution in [2.45, 2.75) is 25.3 Å². The number of hydrogen-bond donors (Lipinski definition) is 3. The fourth-order valence-electron chi connectivity index (χ4n) is 2.54. The number of Topliss-reactive ketones (excluding diaryl/α,β-unsaturated/α-hetero) is 1. The summed E-state index contributed by atoms with van der Waals surface area (Å²) >= 11 is 0. The van der Waals surface area contributed by atoms with Crippen molar-refractivity contribution in [2.75, 3.05) is 6.54 Å².